The quantitative estimate of drug-likeness (QED) is 0.785. The summed E-state index contributed by atoms with van der Waals surface area (Å²) in [5, 5.41) is 13.9. The number of anilines is 1. The maximum atomic E-state index is 12.5. The third-order valence-electron chi connectivity index (χ3n) is 3.06. The fourth-order valence-corrected chi connectivity index (χ4v) is 1.99. The predicted molar refractivity (Wildman–Crippen MR) is 76.9 cm³/mol. The van der Waals surface area contributed by atoms with Crippen molar-refractivity contribution in [2.45, 2.75) is 32.0 Å². The summed E-state index contributed by atoms with van der Waals surface area (Å²) in [6.07, 6.45) is -3.49. The van der Waals surface area contributed by atoms with E-state index in [0.717, 1.165) is 0 Å². The minimum absolute atomic E-state index is 0.00320. The molecule has 23 heavy (non-hydrogen) atoms. The number of nitrogens with one attached hydrogen (secondary N) is 2. The number of hydrogen-bond acceptors (Lipinski definition) is 4. The van der Waals surface area contributed by atoms with Crippen LogP contribution < -0.4 is 10.6 Å². The van der Waals surface area contributed by atoms with Crippen molar-refractivity contribution in [1.29, 1.82) is 0 Å². The molecule has 2 rings (SSSR count). The van der Waals surface area contributed by atoms with E-state index in [4.69, 9.17) is 5.11 Å². The highest BCUT2D eigenvalue weighted by atomic mass is 19.4. The second kappa shape index (κ2) is 6.86. The highest BCUT2D eigenvalue weighted by Gasteiger charge is 2.37. The van der Waals surface area contributed by atoms with Crippen LogP contribution in [0.4, 0.5) is 23.7 Å². The Kier molecular flexibility index (Phi) is 5.09. The van der Waals surface area contributed by atoms with E-state index < -0.39 is 18.1 Å². The predicted octanol–water partition coefficient (Wildman–Crippen LogP) is 3.13. The lowest BCUT2D eigenvalue weighted by Gasteiger charge is -2.13. The van der Waals surface area contributed by atoms with Crippen LogP contribution in [0.2, 0.25) is 0 Å². The van der Waals surface area contributed by atoms with Crippen molar-refractivity contribution in [2.75, 3.05) is 11.9 Å². The molecule has 0 unspecified atom stereocenters. The molecule has 1 atom stereocenters. The summed E-state index contributed by atoms with van der Waals surface area (Å²) >= 11 is 0. The molecule has 0 aliphatic heterocycles. The van der Waals surface area contributed by atoms with Crippen molar-refractivity contribution >= 4 is 22.8 Å². The number of fused-ring (bicyclic) bond motifs is 1. The first-order valence-corrected chi connectivity index (χ1v) is 6.96. The van der Waals surface area contributed by atoms with Crippen LogP contribution in [0.25, 0.3) is 11.1 Å². The smallest absolute Gasteiger partial charge is 0.433 e. The van der Waals surface area contributed by atoms with Crippen LogP contribution in [0, 0.1) is 0 Å². The van der Waals surface area contributed by atoms with E-state index in [1.54, 1.807) is 6.92 Å². The van der Waals surface area contributed by atoms with Gasteiger partial charge in [-0.3, -0.25) is 0 Å². The number of carbonyl (C=O) groups is 1. The first kappa shape index (κ1) is 17.1. The number of aliphatic hydroxyl groups is 1. The lowest BCUT2D eigenvalue weighted by Crippen LogP contribution is -2.36. The summed E-state index contributed by atoms with van der Waals surface area (Å²) in [5.41, 5.74) is 0.287. The second-order valence-electron chi connectivity index (χ2n) is 5.06. The van der Waals surface area contributed by atoms with Gasteiger partial charge in [0.15, 0.2) is 5.58 Å². The lowest BCUT2D eigenvalue weighted by atomic mass is 10.2. The van der Waals surface area contributed by atoms with E-state index >= 15 is 0 Å². The second-order valence-corrected chi connectivity index (χ2v) is 5.06. The number of alkyl halides is 3. The van der Waals surface area contributed by atoms with Gasteiger partial charge in [0.1, 0.15) is 5.52 Å². The molecule has 3 N–H and O–H groups in total. The van der Waals surface area contributed by atoms with Crippen LogP contribution in [0.5, 0.6) is 0 Å². The summed E-state index contributed by atoms with van der Waals surface area (Å²) in [6, 6.07) is 3.39. The van der Waals surface area contributed by atoms with Crippen LogP contribution in [-0.4, -0.2) is 28.8 Å². The molecule has 0 spiro atoms. The molecule has 0 saturated heterocycles. The normalized spacial score (nSPS) is 13.1. The number of aromatic nitrogens is 1. The number of hydrogen-bond donors (Lipinski definition) is 3. The molecule has 0 radical (unpaired) electrons. The van der Waals surface area contributed by atoms with Gasteiger partial charge in [0, 0.05) is 18.3 Å². The summed E-state index contributed by atoms with van der Waals surface area (Å²) < 4.78 is 42.2. The van der Waals surface area contributed by atoms with Crippen LogP contribution in [-0.2, 0) is 6.18 Å². The number of oxazole rings is 1. The number of aliphatic hydroxyl groups excluding tert-OH is 1. The number of amides is 2. The molecule has 2 aromatic rings. The standard InChI is InChI=1S/C14H16F3N3O3/c1-8(3-2-6-21)18-13(22)19-9-4-5-11-10(7-9)20-12(23-11)14(15,16)17/h4-5,7-8,21H,2-3,6H2,1H3,(H2,18,19,22)/t8-/m0/s1. The van der Waals surface area contributed by atoms with Gasteiger partial charge in [0.2, 0.25) is 0 Å². The Morgan fingerprint density at radius 2 is 2.17 bits per heavy atom. The number of urea groups is 1. The Bertz CT molecular complexity index is 685. The first-order valence-electron chi connectivity index (χ1n) is 6.96. The SMILES string of the molecule is C[C@@H](CCCO)NC(=O)Nc1ccc2oc(C(F)(F)F)nc2c1. The fourth-order valence-electron chi connectivity index (χ4n) is 1.99. The van der Waals surface area contributed by atoms with Crippen molar-refractivity contribution in [2.24, 2.45) is 0 Å². The third-order valence-corrected chi connectivity index (χ3v) is 3.06. The third kappa shape index (κ3) is 4.59. The monoisotopic (exact) mass is 331 g/mol. The molecular weight excluding hydrogens is 315 g/mol. The molecular formula is C14H16F3N3O3. The summed E-state index contributed by atoms with van der Waals surface area (Å²) in [6.45, 7) is 1.82. The number of benzene rings is 1. The van der Waals surface area contributed by atoms with Gasteiger partial charge in [-0.25, -0.2) is 9.78 Å². The van der Waals surface area contributed by atoms with E-state index in [1.165, 1.54) is 18.2 Å². The largest absolute Gasteiger partial charge is 0.468 e. The Balaban J connectivity index is 2.04. The molecule has 0 bridgehead atoms. The van der Waals surface area contributed by atoms with E-state index in [-0.39, 0.29) is 23.7 Å². The zero-order valence-electron chi connectivity index (χ0n) is 12.3. The van der Waals surface area contributed by atoms with Crippen molar-refractivity contribution in [1.82, 2.24) is 10.3 Å². The van der Waals surface area contributed by atoms with Crippen LogP contribution in [0.3, 0.4) is 0 Å². The minimum atomic E-state index is -4.66. The van der Waals surface area contributed by atoms with Gasteiger partial charge in [0.25, 0.3) is 0 Å². The summed E-state index contributed by atoms with van der Waals surface area (Å²) in [5.74, 6) is -1.33. The maximum Gasteiger partial charge on any atom is 0.468 e. The Labute approximate surface area is 129 Å². The lowest BCUT2D eigenvalue weighted by molar-refractivity contribution is -0.156. The summed E-state index contributed by atoms with van der Waals surface area (Å²) in [4.78, 5) is 15.1. The molecule has 6 nitrogen and oxygen atoms in total. The van der Waals surface area contributed by atoms with E-state index in [9.17, 15) is 18.0 Å². The van der Waals surface area contributed by atoms with Gasteiger partial charge >= 0.3 is 18.1 Å². The molecule has 0 saturated carbocycles. The molecule has 1 aromatic heterocycles. The van der Waals surface area contributed by atoms with E-state index in [1.807, 2.05) is 0 Å². The van der Waals surface area contributed by atoms with Gasteiger partial charge in [0.05, 0.1) is 0 Å². The first-order chi connectivity index (χ1) is 10.8. The fraction of sp³-hybridized carbons (Fsp3) is 0.429. The van der Waals surface area contributed by atoms with E-state index in [0.29, 0.717) is 18.5 Å². The van der Waals surface area contributed by atoms with Gasteiger partial charge in [-0.2, -0.15) is 13.2 Å². The highest BCUT2D eigenvalue weighted by Crippen LogP contribution is 2.31. The molecule has 126 valence electrons. The summed E-state index contributed by atoms with van der Waals surface area (Å²) in [7, 11) is 0. The van der Waals surface area contributed by atoms with Crippen molar-refractivity contribution < 1.29 is 27.5 Å². The molecule has 1 heterocycles. The zero-order valence-corrected chi connectivity index (χ0v) is 12.3. The number of nitrogens with zero attached hydrogens (tertiary/aromatic N) is 1. The number of halogens is 3. The average molecular weight is 331 g/mol. The van der Waals surface area contributed by atoms with Crippen LogP contribution >= 0.6 is 0 Å². The Morgan fingerprint density at radius 3 is 2.83 bits per heavy atom. The van der Waals surface area contributed by atoms with Crippen LogP contribution in [0.15, 0.2) is 22.6 Å². The highest BCUT2D eigenvalue weighted by molar-refractivity contribution is 5.91. The van der Waals surface area contributed by atoms with Crippen LogP contribution in [0.1, 0.15) is 25.7 Å². The van der Waals surface area contributed by atoms with Crippen molar-refractivity contribution in [3.8, 4) is 0 Å². The number of carbonyl (C=O) groups excluding carboxylic acids is 1. The Hall–Kier alpha value is -2.29. The molecule has 1 aromatic carbocycles. The molecule has 2 amide bonds. The van der Waals surface area contributed by atoms with Gasteiger partial charge in [-0.15, -0.1) is 0 Å². The molecule has 0 fully saturated rings. The van der Waals surface area contributed by atoms with Gasteiger partial charge < -0.3 is 20.2 Å². The topological polar surface area (TPSA) is 87.4 Å². The maximum absolute atomic E-state index is 12.5. The van der Waals surface area contributed by atoms with Crippen molar-refractivity contribution in [3.63, 3.8) is 0 Å². The Morgan fingerprint density at radius 1 is 1.43 bits per heavy atom. The zero-order chi connectivity index (χ0) is 17.0. The molecule has 0 aliphatic carbocycles. The van der Waals surface area contributed by atoms with Crippen molar-refractivity contribution in [3.05, 3.63) is 24.1 Å². The average Bonchev–Trinajstić information content (AvgIpc) is 2.88. The molecule has 0 aliphatic rings. The number of rotatable bonds is 5. The molecule has 9 heteroatoms. The van der Waals surface area contributed by atoms with Gasteiger partial charge in [-0.05, 0) is 38.0 Å². The van der Waals surface area contributed by atoms with E-state index in [2.05, 4.69) is 20.0 Å². The minimum Gasteiger partial charge on any atom is -0.433 e. The van der Waals surface area contributed by atoms with Gasteiger partial charge in [-0.1, -0.05) is 0 Å².